The number of hydrogen-bond donors (Lipinski definition) is 0. The fourth-order valence-corrected chi connectivity index (χ4v) is 4.80. The lowest BCUT2D eigenvalue weighted by Gasteiger charge is -2.02. The first kappa shape index (κ1) is 19.0. The summed E-state index contributed by atoms with van der Waals surface area (Å²) in [4.78, 5) is 14.0. The Kier molecular flexibility index (Phi) is 6.38. The van der Waals surface area contributed by atoms with Crippen molar-refractivity contribution < 1.29 is 9.53 Å². The lowest BCUT2D eigenvalue weighted by Crippen LogP contribution is -2.03. The molecule has 0 unspecified atom stereocenters. The summed E-state index contributed by atoms with van der Waals surface area (Å²) in [7, 11) is 0. The van der Waals surface area contributed by atoms with Gasteiger partial charge in [-0.3, -0.25) is 4.79 Å². The summed E-state index contributed by atoms with van der Waals surface area (Å²) in [6.07, 6.45) is 4.62. The molecule has 2 heterocycles. The van der Waals surface area contributed by atoms with E-state index in [9.17, 15) is 4.79 Å². The standard InChI is InChI=1S/C20H24N2O2S2/c1-4-24-18(23)9-7-5-6-8-15-12-17(25-14(15)3)16-11-10-13(2)19-20(16)22-26-21-19/h10-12H,4-9H2,1-3H3. The number of carbonyl (C=O) groups is 1. The Bertz CT molecular complexity index is 898. The van der Waals surface area contributed by atoms with Crippen LogP contribution >= 0.6 is 23.1 Å². The first-order chi connectivity index (χ1) is 12.6. The quantitative estimate of drug-likeness (QED) is 0.367. The van der Waals surface area contributed by atoms with E-state index < -0.39 is 0 Å². The van der Waals surface area contributed by atoms with E-state index >= 15 is 0 Å². The van der Waals surface area contributed by atoms with Gasteiger partial charge in [0.15, 0.2) is 0 Å². The molecule has 0 radical (unpaired) electrons. The molecular formula is C20H24N2O2S2. The maximum Gasteiger partial charge on any atom is 0.305 e. The van der Waals surface area contributed by atoms with Crippen molar-refractivity contribution in [2.24, 2.45) is 0 Å². The van der Waals surface area contributed by atoms with Crippen LogP contribution in [0.1, 0.15) is 48.6 Å². The Morgan fingerprint density at radius 3 is 2.73 bits per heavy atom. The molecule has 1 aromatic carbocycles. The monoisotopic (exact) mass is 388 g/mol. The average molecular weight is 389 g/mol. The highest BCUT2D eigenvalue weighted by Gasteiger charge is 2.13. The van der Waals surface area contributed by atoms with Crippen molar-refractivity contribution in [1.82, 2.24) is 8.75 Å². The summed E-state index contributed by atoms with van der Waals surface area (Å²) in [5, 5.41) is 0. The summed E-state index contributed by atoms with van der Waals surface area (Å²) < 4.78 is 13.9. The molecular weight excluding hydrogens is 364 g/mol. The fraction of sp³-hybridized carbons (Fsp3) is 0.450. The van der Waals surface area contributed by atoms with Crippen LogP contribution in [0.4, 0.5) is 0 Å². The van der Waals surface area contributed by atoms with Crippen molar-refractivity contribution in [2.45, 2.75) is 52.9 Å². The van der Waals surface area contributed by atoms with Crippen LogP contribution in [0.2, 0.25) is 0 Å². The van der Waals surface area contributed by atoms with Crippen molar-refractivity contribution in [3.63, 3.8) is 0 Å². The van der Waals surface area contributed by atoms with E-state index in [1.54, 1.807) is 0 Å². The minimum atomic E-state index is -0.0817. The van der Waals surface area contributed by atoms with E-state index in [0.29, 0.717) is 13.0 Å². The van der Waals surface area contributed by atoms with E-state index in [4.69, 9.17) is 4.74 Å². The summed E-state index contributed by atoms with van der Waals surface area (Å²) in [5.74, 6) is -0.0817. The molecule has 26 heavy (non-hydrogen) atoms. The van der Waals surface area contributed by atoms with Crippen LogP contribution in [0.3, 0.4) is 0 Å². The smallest absolute Gasteiger partial charge is 0.305 e. The Hall–Kier alpha value is -1.79. The third-order valence-corrected chi connectivity index (χ3v) is 6.19. The number of thiophene rings is 1. The normalized spacial score (nSPS) is 11.2. The fourth-order valence-electron chi connectivity index (χ4n) is 3.08. The zero-order chi connectivity index (χ0) is 18.5. The van der Waals surface area contributed by atoms with E-state index in [1.807, 2.05) is 18.3 Å². The number of rotatable bonds is 8. The average Bonchev–Trinajstić information content (AvgIpc) is 3.23. The van der Waals surface area contributed by atoms with Gasteiger partial charge in [0, 0.05) is 21.7 Å². The van der Waals surface area contributed by atoms with Gasteiger partial charge < -0.3 is 4.74 Å². The molecule has 0 bridgehead atoms. The molecule has 0 atom stereocenters. The molecule has 0 fully saturated rings. The van der Waals surface area contributed by atoms with Gasteiger partial charge in [0.2, 0.25) is 0 Å². The summed E-state index contributed by atoms with van der Waals surface area (Å²) in [6, 6.07) is 6.59. The number of ether oxygens (including phenoxy) is 1. The number of esters is 1. The number of aromatic nitrogens is 2. The van der Waals surface area contributed by atoms with Crippen LogP contribution in [0.15, 0.2) is 18.2 Å². The summed E-state index contributed by atoms with van der Waals surface area (Å²) in [5.41, 5.74) is 5.78. The number of aryl methyl sites for hydroxylation is 3. The van der Waals surface area contributed by atoms with Crippen LogP contribution in [-0.2, 0) is 16.0 Å². The van der Waals surface area contributed by atoms with Crippen molar-refractivity contribution in [2.75, 3.05) is 6.61 Å². The first-order valence-electron chi connectivity index (χ1n) is 9.07. The first-order valence-corrected chi connectivity index (χ1v) is 10.6. The van der Waals surface area contributed by atoms with E-state index in [1.165, 1.54) is 38.2 Å². The summed E-state index contributed by atoms with van der Waals surface area (Å²) >= 11 is 3.11. The highest BCUT2D eigenvalue weighted by molar-refractivity contribution is 7.15. The maximum absolute atomic E-state index is 11.4. The molecule has 0 saturated carbocycles. The second-order valence-electron chi connectivity index (χ2n) is 6.45. The molecule has 0 aliphatic rings. The van der Waals surface area contributed by atoms with Crippen LogP contribution in [0.5, 0.6) is 0 Å². The van der Waals surface area contributed by atoms with Gasteiger partial charge in [-0.05, 0) is 57.2 Å². The van der Waals surface area contributed by atoms with Gasteiger partial charge in [0.1, 0.15) is 11.0 Å². The third-order valence-electron chi connectivity index (χ3n) is 4.54. The Morgan fingerprint density at radius 1 is 1.12 bits per heavy atom. The highest BCUT2D eigenvalue weighted by atomic mass is 32.1. The topological polar surface area (TPSA) is 52.1 Å². The molecule has 0 N–H and O–H groups in total. The predicted octanol–water partition coefficient (Wildman–Crippen LogP) is 5.70. The highest BCUT2D eigenvalue weighted by Crippen LogP contribution is 2.36. The second kappa shape index (κ2) is 8.73. The van der Waals surface area contributed by atoms with Gasteiger partial charge in [0.25, 0.3) is 0 Å². The minimum absolute atomic E-state index is 0.0817. The van der Waals surface area contributed by atoms with Crippen LogP contribution in [0.25, 0.3) is 21.5 Å². The van der Waals surface area contributed by atoms with Crippen molar-refractivity contribution in [3.8, 4) is 10.4 Å². The minimum Gasteiger partial charge on any atom is -0.466 e. The molecule has 0 aliphatic carbocycles. The molecule has 0 saturated heterocycles. The van der Waals surface area contributed by atoms with Gasteiger partial charge in [-0.1, -0.05) is 18.6 Å². The number of unbranched alkanes of at least 4 members (excludes halogenated alkanes) is 2. The lowest BCUT2D eigenvalue weighted by atomic mass is 10.0. The van der Waals surface area contributed by atoms with Gasteiger partial charge >= 0.3 is 5.97 Å². The Labute approximate surface area is 162 Å². The SMILES string of the molecule is CCOC(=O)CCCCCc1cc(-c2ccc(C)c3nsnc23)sc1C. The zero-order valence-corrected chi connectivity index (χ0v) is 17.1. The molecule has 2 aromatic heterocycles. The molecule has 3 rings (SSSR count). The van der Waals surface area contributed by atoms with Crippen molar-refractivity contribution >= 4 is 40.1 Å². The number of fused-ring (bicyclic) bond motifs is 1. The summed E-state index contributed by atoms with van der Waals surface area (Å²) in [6.45, 7) is 6.58. The van der Waals surface area contributed by atoms with Gasteiger partial charge in [-0.25, -0.2) is 0 Å². The van der Waals surface area contributed by atoms with Crippen LogP contribution < -0.4 is 0 Å². The number of hydrogen-bond acceptors (Lipinski definition) is 6. The van der Waals surface area contributed by atoms with E-state index in [-0.39, 0.29) is 5.97 Å². The lowest BCUT2D eigenvalue weighted by molar-refractivity contribution is -0.143. The van der Waals surface area contributed by atoms with Crippen molar-refractivity contribution in [1.29, 1.82) is 0 Å². The Balaban J connectivity index is 1.63. The van der Waals surface area contributed by atoms with E-state index in [0.717, 1.165) is 36.7 Å². The molecule has 6 heteroatoms. The van der Waals surface area contributed by atoms with Gasteiger partial charge in [-0.2, -0.15) is 8.75 Å². The molecule has 3 aromatic rings. The maximum atomic E-state index is 11.4. The zero-order valence-electron chi connectivity index (χ0n) is 15.5. The Morgan fingerprint density at radius 2 is 1.92 bits per heavy atom. The largest absolute Gasteiger partial charge is 0.466 e. The third kappa shape index (κ3) is 4.30. The predicted molar refractivity (Wildman–Crippen MR) is 109 cm³/mol. The molecule has 138 valence electrons. The molecule has 0 amide bonds. The van der Waals surface area contributed by atoms with Crippen molar-refractivity contribution in [3.05, 3.63) is 34.2 Å². The van der Waals surface area contributed by atoms with E-state index in [2.05, 4.69) is 40.8 Å². The van der Waals surface area contributed by atoms with Crippen LogP contribution in [-0.4, -0.2) is 21.3 Å². The van der Waals surface area contributed by atoms with Gasteiger partial charge in [-0.15, -0.1) is 11.3 Å². The molecule has 0 spiro atoms. The molecule has 0 aliphatic heterocycles. The second-order valence-corrected chi connectivity index (χ2v) is 8.23. The molecule has 4 nitrogen and oxygen atoms in total. The number of carbonyl (C=O) groups excluding carboxylic acids is 1. The van der Waals surface area contributed by atoms with Gasteiger partial charge in [0.05, 0.1) is 18.3 Å². The van der Waals surface area contributed by atoms with Crippen LogP contribution in [0, 0.1) is 13.8 Å². The number of nitrogens with zero attached hydrogens (tertiary/aromatic N) is 2. The number of benzene rings is 1.